The van der Waals surface area contributed by atoms with Crippen molar-refractivity contribution in [2.24, 2.45) is 5.92 Å². The Morgan fingerprint density at radius 1 is 1.60 bits per heavy atom. The van der Waals surface area contributed by atoms with Crippen LogP contribution in [0.4, 0.5) is 4.39 Å². The summed E-state index contributed by atoms with van der Waals surface area (Å²) in [6.45, 7) is 2.18. The standard InChI is InChI=1S/C15H18BrClFNO/c1-10-4-3-7-15(8-10,9-16)19-14(20)13-11(17)5-2-6-12(13)18/h2,5-6,10H,3-4,7-9H2,1H3,(H,19,20). The van der Waals surface area contributed by atoms with Gasteiger partial charge in [0.1, 0.15) is 5.82 Å². The largest absolute Gasteiger partial charge is 0.346 e. The maximum Gasteiger partial charge on any atom is 0.256 e. The number of benzene rings is 1. The fourth-order valence-corrected chi connectivity index (χ4v) is 3.84. The van der Waals surface area contributed by atoms with Crippen LogP contribution >= 0.6 is 27.5 Å². The molecule has 2 rings (SSSR count). The molecule has 2 atom stereocenters. The minimum absolute atomic E-state index is 0.0623. The molecular weight excluding hydrogens is 345 g/mol. The maximum absolute atomic E-state index is 13.8. The zero-order chi connectivity index (χ0) is 14.8. The molecule has 1 aromatic carbocycles. The number of rotatable bonds is 3. The molecule has 0 spiro atoms. The fraction of sp³-hybridized carbons (Fsp3) is 0.533. The Balaban J connectivity index is 2.21. The third-order valence-corrected chi connectivity index (χ3v) is 5.30. The highest BCUT2D eigenvalue weighted by molar-refractivity contribution is 9.09. The molecule has 5 heteroatoms. The number of alkyl halides is 1. The average Bonchev–Trinajstić information content (AvgIpc) is 2.38. The van der Waals surface area contributed by atoms with Gasteiger partial charge in [-0.15, -0.1) is 0 Å². The zero-order valence-corrected chi connectivity index (χ0v) is 13.7. The number of hydrogen-bond donors (Lipinski definition) is 1. The van der Waals surface area contributed by atoms with Crippen LogP contribution in [-0.4, -0.2) is 16.8 Å². The van der Waals surface area contributed by atoms with Crippen molar-refractivity contribution in [3.63, 3.8) is 0 Å². The Kier molecular flexibility index (Phi) is 5.08. The summed E-state index contributed by atoms with van der Waals surface area (Å²) in [5.41, 5.74) is -0.367. The summed E-state index contributed by atoms with van der Waals surface area (Å²) in [6.07, 6.45) is 4.04. The van der Waals surface area contributed by atoms with Crippen LogP contribution in [0, 0.1) is 11.7 Å². The fourth-order valence-electron chi connectivity index (χ4n) is 2.95. The van der Waals surface area contributed by atoms with Gasteiger partial charge in [-0.2, -0.15) is 0 Å². The van der Waals surface area contributed by atoms with E-state index >= 15 is 0 Å². The van der Waals surface area contributed by atoms with E-state index in [1.54, 1.807) is 0 Å². The minimum atomic E-state index is -0.580. The number of halogens is 3. The van der Waals surface area contributed by atoms with Crippen LogP contribution in [-0.2, 0) is 0 Å². The molecule has 110 valence electrons. The Hall–Kier alpha value is -0.610. The first-order chi connectivity index (χ1) is 9.47. The van der Waals surface area contributed by atoms with Crippen LogP contribution in [0.15, 0.2) is 18.2 Å². The van der Waals surface area contributed by atoms with E-state index in [0.29, 0.717) is 11.2 Å². The summed E-state index contributed by atoms with van der Waals surface area (Å²) >= 11 is 9.44. The van der Waals surface area contributed by atoms with Gasteiger partial charge in [-0.3, -0.25) is 4.79 Å². The SMILES string of the molecule is CC1CCCC(CBr)(NC(=O)c2c(F)cccc2Cl)C1. The van der Waals surface area contributed by atoms with Crippen LogP contribution in [0.25, 0.3) is 0 Å². The van der Waals surface area contributed by atoms with Gasteiger partial charge in [-0.1, -0.05) is 53.4 Å². The number of carbonyl (C=O) groups excluding carboxylic acids is 1. The highest BCUT2D eigenvalue weighted by Crippen LogP contribution is 2.34. The second kappa shape index (κ2) is 6.44. The summed E-state index contributed by atoms with van der Waals surface area (Å²) in [5, 5.41) is 3.82. The number of hydrogen-bond acceptors (Lipinski definition) is 1. The molecular formula is C15H18BrClFNO. The van der Waals surface area contributed by atoms with Crippen LogP contribution < -0.4 is 5.32 Å². The normalized spacial score (nSPS) is 26.3. The highest BCUT2D eigenvalue weighted by Gasteiger charge is 2.36. The van der Waals surface area contributed by atoms with E-state index in [9.17, 15) is 9.18 Å². The van der Waals surface area contributed by atoms with Crippen molar-refractivity contribution in [1.82, 2.24) is 5.32 Å². The van der Waals surface area contributed by atoms with Crippen molar-refractivity contribution in [3.8, 4) is 0 Å². The van der Waals surface area contributed by atoms with Gasteiger partial charge < -0.3 is 5.32 Å². The zero-order valence-electron chi connectivity index (χ0n) is 11.4. The first kappa shape index (κ1) is 15.8. The Morgan fingerprint density at radius 2 is 2.35 bits per heavy atom. The quantitative estimate of drug-likeness (QED) is 0.785. The van der Waals surface area contributed by atoms with E-state index in [1.165, 1.54) is 24.6 Å². The van der Waals surface area contributed by atoms with E-state index in [1.807, 2.05) is 0 Å². The lowest BCUT2D eigenvalue weighted by Crippen LogP contribution is -2.52. The van der Waals surface area contributed by atoms with Crippen LogP contribution in [0.3, 0.4) is 0 Å². The molecule has 0 saturated heterocycles. The van der Waals surface area contributed by atoms with Crippen LogP contribution in [0.2, 0.25) is 5.02 Å². The third-order valence-electron chi connectivity index (χ3n) is 3.92. The van der Waals surface area contributed by atoms with Gasteiger partial charge in [-0.25, -0.2) is 4.39 Å². The molecule has 0 radical (unpaired) electrons. The highest BCUT2D eigenvalue weighted by atomic mass is 79.9. The second-order valence-corrected chi connectivity index (χ2v) is 6.63. The van der Waals surface area contributed by atoms with Gasteiger partial charge >= 0.3 is 0 Å². The molecule has 0 aromatic heterocycles. The third kappa shape index (κ3) is 3.34. The van der Waals surface area contributed by atoms with Crippen molar-refractivity contribution in [2.75, 3.05) is 5.33 Å². The minimum Gasteiger partial charge on any atom is -0.346 e. The summed E-state index contributed by atoms with van der Waals surface area (Å²) in [5.74, 6) is -0.456. The molecule has 1 aliphatic carbocycles. The molecule has 1 aromatic rings. The van der Waals surface area contributed by atoms with Gasteiger partial charge in [-0.05, 0) is 30.9 Å². The van der Waals surface area contributed by atoms with Gasteiger partial charge in [0, 0.05) is 5.33 Å². The van der Waals surface area contributed by atoms with Crippen molar-refractivity contribution < 1.29 is 9.18 Å². The van der Waals surface area contributed by atoms with Gasteiger partial charge in [0.05, 0.1) is 16.1 Å². The van der Waals surface area contributed by atoms with Crippen molar-refractivity contribution in [3.05, 3.63) is 34.6 Å². The smallest absolute Gasteiger partial charge is 0.256 e. The molecule has 0 bridgehead atoms. The molecule has 0 aliphatic heterocycles. The summed E-state index contributed by atoms with van der Waals surface area (Å²) in [7, 11) is 0. The summed E-state index contributed by atoms with van der Waals surface area (Å²) in [4.78, 5) is 12.4. The molecule has 1 amide bonds. The number of nitrogens with one attached hydrogen (secondary N) is 1. The first-order valence-electron chi connectivity index (χ1n) is 6.80. The van der Waals surface area contributed by atoms with Gasteiger partial charge in [0.25, 0.3) is 5.91 Å². The van der Waals surface area contributed by atoms with Gasteiger partial charge in [0.2, 0.25) is 0 Å². The lowest BCUT2D eigenvalue weighted by molar-refractivity contribution is 0.0865. The lowest BCUT2D eigenvalue weighted by Gasteiger charge is -2.39. The summed E-state index contributed by atoms with van der Waals surface area (Å²) in [6, 6.07) is 4.28. The topological polar surface area (TPSA) is 29.1 Å². The van der Waals surface area contributed by atoms with E-state index in [0.717, 1.165) is 19.3 Å². The van der Waals surface area contributed by atoms with E-state index < -0.39 is 11.7 Å². The first-order valence-corrected chi connectivity index (χ1v) is 8.30. The van der Waals surface area contributed by atoms with Crippen LogP contribution in [0.5, 0.6) is 0 Å². The molecule has 1 saturated carbocycles. The predicted molar refractivity (Wildman–Crippen MR) is 83.0 cm³/mol. The Morgan fingerprint density at radius 3 is 2.95 bits per heavy atom. The molecule has 1 aliphatic rings. The van der Waals surface area contributed by atoms with E-state index in [-0.39, 0.29) is 16.1 Å². The van der Waals surface area contributed by atoms with Crippen LogP contribution in [0.1, 0.15) is 43.0 Å². The van der Waals surface area contributed by atoms with E-state index in [2.05, 4.69) is 28.2 Å². The van der Waals surface area contributed by atoms with Crippen molar-refractivity contribution in [1.29, 1.82) is 0 Å². The van der Waals surface area contributed by atoms with Crippen molar-refractivity contribution >= 4 is 33.4 Å². The number of carbonyl (C=O) groups is 1. The molecule has 1 fully saturated rings. The average molecular weight is 363 g/mol. The Labute approximate surface area is 132 Å². The van der Waals surface area contributed by atoms with E-state index in [4.69, 9.17) is 11.6 Å². The van der Waals surface area contributed by atoms with Crippen molar-refractivity contribution in [2.45, 2.75) is 38.1 Å². The predicted octanol–water partition coefficient (Wildman–Crippen LogP) is 4.55. The molecule has 2 nitrogen and oxygen atoms in total. The second-order valence-electron chi connectivity index (χ2n) is 5.67. The molecule has 20 heavy (non-hydrogen) atoms. The summed E-state index contributed by atoms with van der Waals surface area (Å²) < 4.78 is 13.8. The van der Waals surface area contributed by atoms with Gasteiger partial charge in [0.15, 0.2) is 0 Å². The monoisotopic (exact) mass is 361 g/mol. The molecule has 1 N–H and O–H groups in total. The number of amides is 1. The molecule has 0 heterocycles. The Bertz CT molecular complexity index is 490. The maximum atomic E-state index is 13.8. The lowest BCUT2D eigenvalue weighted by atomic mass is 9.77. The molecule has 2 unspecified atom stereocenters.